The molecule has 0 radical (unpaired) electrons. The molecule has 0 unspecified atom stereocenters. The Kier molecular flexibility index (Phi) is 2.65. The van der Waals surface area contributed by atoms with Gasteiger partial charge in [0.2, 0.25) is 0 Å². The van der Waals surface area contributed by atoms with Crippen molar-refractivity contribution >= 4 is 16.6 Å². The number of hydrogen-bond donors (Lipinski definition) is 1. The molecular formula is C15H13N3. The van der Waals surface area contributed by atoms with Crippen LogP contribution in [0.4, 0.5) is 5.82 Å². The smallest absolute Gasteiger partial charge is 0.123 e. The predicted octanol–water partition coefficient (Wildman–Crippen LogP) is 2.80. The van der Waals surface area contributed by atoms with Gasteiger partial charge in [-0.05, 0) is 41.1 Å². The van der Waals surface area contributed by atoms with E-state index < -0.39 is 0 Å². The fraction of sp³-hybridized carbons (Fsp3) is 0.0667. The van der Waals surface area contributed by atoms with E-state index in [1.165, 1.54) is 16.5 Å². The maximum atomic E-state index is 5.70. The predicted molar refractivity (Wildman–Crippen MR) is 73.2 cm³/mol. The Bertz CT molecular complexity index is 687. The normalized spacial score (nSPS) is 10.7. The van der Waals surface area contributed by atoms with Crippen molar-refractivity contribution in [3.8, 4) is 0 Å². The molecule has 3 heteroatoms. The molecule has 3 nitrogen and oxygen atoms in total. The van der Waals surface area contributed by atoms with Crippen LogP contribution in [0.25, 0.3) is 10.8 Å². The molecule has 0 aliphatic carbocycles. The fourth-order valence-electron chi connectivity index (χ4n) is 2.17. The first kappa shape index (κ1) is 10.7. The average Bonchev–Trinajstić information content (AvgIpc) is 2.39. The lowest BCUT2D eigenvalue weighted by molar-refractivity contribution is 1.18. The van der Waals surface area contributed by atoms with Gasteiger partial charge in [-0.3, -0.25) is 4.98 Å². The topological polar surface area (TPSA) is 51.8 Å². The Labute approximate surface area is 105 Å². The molecular weight excluding hydrogens is 222 g/mol. The van der Waals surface area contributed by atoms with Crippen molar-refractivity contribution in [2.24, 2.45) is 0 Å². The van der Waals surface area contributed by atoms with Gasteiger partial charge >= 0.3 is 0 Å². The third-order valence-corrected chi connectivity index (χ3v) is 3.01. The van der Waals surface area contributed by atoms with Crippen LogP contribution < -0.4 is 5.73 Å². The number of nitrogens with two attached hydrogens (primary N) is 1. The second-order valence-electron chi connectivity index (χ2n) is 4.28. The van der Waals surface area contributed by atoms with Crippen LogP contribution in [-0.4, -0.2) is 9.97 Å². The zero-order chi connectivity index (χ0) is 12.4. The summed E-state index contributed by atoms with van der Waals surface area (Å²) in [5.74, 6) is 0.564. The third kappa shape index (κ3) is 2.02. The Morgan fingerprint density at radius 2 is 2.00 bits per heavy atom. The largest absolute Gasteiger partial charge is 0.384 e. The maximum absolute atomic E-state index is 5.70. The van der Waals surface area contributed by atoms with Gasteiger partial charge in [-0.15, -0.1) is 0 Å². The van der Waals surface area contributed by atoms with E-state index in [-0.39, 0.29) is 0 Å². The number of fused-ring (bicyclic) bond motifs is 1. The molecule has 0 atom stereocenters. The highest BCUT2D eigenvalue weighted by atomic mass is 14.8. The minimum atomic E-state index is 0.564. The molecule has 3 rings (SSSR count). The van der Waals surface area contributed by atoms with Crippen molar-refractivity contribution < 1.29 is 0 Å². The number of nitrogens with zero attached hydrogens (tertiary/aromatic N) is 2. The van der Waals surface area contributed by atoms with E-state index in [4.69, 9.17) is 5.73 Å². The van der Waals surface area contributed by atoms with Crippen LogP contribution in [0.3, 0.4) is 0 Å². The molecule has 18 heavy (non-hydrogen) atoms. The van der Waals surface area contributed by atoms with Crippen molar-refractivity contribution in [1.82, 2.24) is 9.97 Å². The van der Waals surface area contributed by atoms with Crippen LogP contribution >= 0.6 is 0 Å². The Morgan fingerprint density at radius 1 is 1.06 bits per heavy atom. The first-order chi connectivity index (χ1) is 8.83. The van der Waals surface area contributed by atoms with Crippen molar-refractivity contribution in [2.45, 2.75) is 6.42 Å². The number of aromatic nitrogens is 2. The first-order valence-electron chi connectivity index (χ1n) is 5.85. The van der Waals surface area contributed by atoms with E-state index in [1.807, 2.05) is 24.5 Å². The second kappa shape index (κ2) is 4.45. The summed E-state index contributed by atoms with van der Waals surface area (Å²) in [5, 5.41) is 2.40. The van der Waals surface area contributed by atoms with Crippen molar-refractivity contribution in [1.29, 1.82) is 0 Å². The van der Waals surface area contributed by atoms with E-state index in [9.17, 15) is 0 Å². The van der Waals surface area contributed by atoms with E-state index >= 15 is 0 Å². The summed E-state index contributed by atoms with van der Waals surface area (Å²) in [5.41, 5.74) is 8.15. The molecule has 0 spiro atoms. The zero-order valence-electron chi connectivity index (χ0n) is 9.88. The van der Waals surface area contributed by atoms with Crippen molar-refractivity contribution in [2.75, 3.05) is 5.73 Å². The summed E-state index contributed by atoms with van der Waals surface area (Å²) >= 11 is 0. The number of rotatable bonds is 2. The molecule has 88 valence electrons. The van der Waals surface area contributed by atoms with Crippen LogP contribution in [-0.2, 0) is 6.42 Å². The van der Waals surface area contributed by atoms with E-state index in [0.717, 1.165) is 11.8 Å². The summed E-state index contributed by atoms with van der Waals surface area (Å²) in [6, 6.07) is 12.2. The van der Waals surface area contributed by atoms with Gasteiger partial charge < -0.3 is 5.73 Å². The highest BCUT2D eigenvalue weighted by Crippen LogP contribution is 2.20. The molecule has 1 aromatic carbocycles. The number of hydrogen-bond acceptors (Lipinski definition) is 3. The maximum Gasteiger partial charge on any atom is 0.123 e. The first-order valence-corrected chi connectivity index (χ1v) is 5.85. The molecule has 2 heterocycles. The highest BCUT2D eigenvalue weighted by Gasteiger charge is 2.02. The van der Waals surface area contributed by atoms with Gasteiger partial charge in [0.15, 0.2) is 0 Å². The molecule has 2 N–H and O–H groups in total. The quantitative estimate of drug-likeness (QED) is 0.743. The Hall–Kier alpha value is -2.42. The summed E-state index contributed by atoms with van der Waals surface area (Å²) in [7, 11) is 0. The van der Waals surface area contributed by atoms with Gasteiger partial charge in [-0.2, -0.15) is 0 Å². The lowest BCUT2D eigenvalue weighted by Crippen LogP contribution is -1.94. The average molecular weight is 235 g/mol. The molecule has 0 aliphatic rings. The second-order valence-corrected chi connectivity index (χ2v) is 4.28. The van der Waals surface area contributed by atoms with Gasteiger partial charge in [-0.1, -0.05) is 18.2 Å². The zero-order valence-corrected chi connectivity index (χ0v) is 9.88. The van der Waals surface area contributed by atoms with Crippen LogP contribution in [0.15, 0.2) is 55.0 Å². The summed E-state index contributed by atoms with van der Waals surface area (Å²) < 4.78 is 0. The standard InChI is InChI=1S/C15H13N3/c16-15-9-11(4-7-18-15)8-12-2-1-3-13-10-17-6-5-14(12)13/h1-7,9-10H,8H2,(H2,16,18). The number of nitrogen functional groups attached to an aromatic ring is 1. The Morgan fingerprint density at radius 3 is 2.89 bits per heavy atom. The number of anilines is 1. The van der Waals surface area contributed by atoms with E-state index in [2.05, 4.69) is 34.2 Å². The summed E-state index contributed by atoms with van der Waals surface area (Å²) in [6.45, 7) is 0. The van der Waals surface area contributed by atoms with Crippen LogP contribution in [0.5, 0.6) is 0 Å². The lowest BCUT2D eigenvalue weighted by atomic mass is 10.0. The Balaban J connectivity index is 2.05. The van der Waals surface area contributed by atoms with Gasteiger partial charge in [0.25, 0.3) is 0 Å². The molecule has 3 aromatic rings. The van der Waals surface area contributed by atoms with Crippen molar-refractivity contribution in [3.05, 3.63) is 66.1 Å². The molecule has 0 bridgehead atoms. The minimum absolute atomic E-state index is 0.564. The molecule has 0 saturated heterocycles. The van der Waals surface area contributed by atoms with Crippen LogP contribution in [0.2, 0.25) is 0 Å². The van der Waals surface area contributed by atoms with Gasteiger partial charge in [0, 0.05) is 24.0 Å². The molecule has 0 amide bonds. The number of benzene rings is 1. The highest BCUT2D eigenvalue weighted by molar-refractivity contribution is 5.85. The van der Waals surface area contributed by atoms with E-state index in [0.29, 0.717) is 5.82 Å². The molecule has 0 saturated carbocycles. The minimum Gasteiger partial charge on any atom is -0.384 e. The monoisotopic (exact) mass is 235 g/mol. The molecule has 2 aromatic heterocycles. The number of pyridine rings is 2. The lowest BCUT2D eigenvalue weighted by Gasteiger charge is -2.06. The van der Waals surface area contributed by atoms with Gasteiger partial charge in [-0.25, -0.2) is 4.98 Å². The third-order valence-electron chi connectivity index (χ3n) is 3.01. The fourth-order valence-corrected chi connectivity index (χ4v) is 2.17. The molecule has 0 aliphatic heterocycles. The van der Waals surface area contributed by atoms with Crippen molar-refractivity contribution in [3.63, 3.8) is 0 Å². The summed E-state index contributed by atoms with van der Waals surface area (Å²) in [4.78, 5) is 8.16. The van der Waals surface area contributed by atoms with Gasteiger partial charge in [0.05, 0.1) is 0 Å². The SMILES string of the molecule is Nc1cc(Cc2cccc3cnccc23)ccn1. The molecule has 0 fully saturated rings. The van der Waals surface area contributed by atoms with Crippen LogP contribution in [0, 0.1) is 0 Å². The summed E-state index contributed by atoms with van der Waals surface area (Å²) in [6.07, 6.45) is 6.32. The van der Waals surface area contributed by atoms with Crippen LogP contribution in [0.1, 0.15) is 11.1 Å². The van der Waals surface area contributed by atoms with E-state index in [1.54, 1.807) is 6.20 Å². The van der Waals surface area contributed by atoms with Gasteiger partial charge in [0.1, 0.15) is 5.82 Å².